The first-order chi connectivity index (χ1) is 25.8. The average Bonchev–Trinajstić information content (AvgIpc) is 3.58. The maximum atomic E-state index is 9.31. The molecule has 0 aliphatic heterocycles. The number of hydrogen-bond acceptors (Lipinski definition) is 4. The second kappa shape index (κ2) is 11.2. The van der Waals surface area contributed by atoms with Crippen LogP contribution in [0, 0.1) is 0 Å². The van der Waals surface area contributed by atoms with Gasteiger partial charge in [-0.2, -0.15) is 0 Å². The first-order valence-electron chi connectivity index (χ1n) is 18.2. The summed E-state index contributed by atoms with van der Waals surface area (Å²) in [5.74, 6) is 0.593. The molecule has 0 aliphatic carbocycles. The van der Waals surface area contributed by atoms with Crippen molar-refractivity contribution in [3.8, 4) is 56.4 Å². The van der Waals surface area contributed by atoms with Crippen LogP contribution in [0.25, 0.3) is 89.1 Å². The van der Waals surface area contributed by atoms with Crippen LogP contribution in [0.5, 0.6) is 0 Å². The molecule has 0 unspecified atom stereocenters. The maximum Gasteiger partial charge on any atom is 0.164 e. The minimum Gasteiger partial charge on any atom is -0.456 e. The molecule has 2 aromatic heterocycles. The third kappa shape index (κ3) is 4.93. The molecule has 0 spiro atoms. The van der Waals surface area contributed by atoms with Gasteiger partial charge in [0.1, 0.15) is 11.2 Å². The highest BCUT2D eigenvalue weighted by atomic mass is 16.3. The maximum absolute atomic E-state index is 9.31. The van der Waals surface area contributed by atoms with Gasteiger partial charge in [0, 0.05) is 27.5 Å². The molecule has 0 N–H and O–H groups in total. The minimum atomic E-state index is -0.348. The Morgan fingerprint density at radius 2 is 0.936 bits per heavy atom. The Hall–Kier alpha value is -6.39. The first kappa shape index (κ1) is 21.4. The van der Waals surface area contributed by atoms with Crippen LogP contribution in [0.1, 0.15) is 8.22 Å². The Labute approximate surface area is 280 Å². The van der Waals surface area contributed by atoms with Gasteiger partial charge in [0.15, 0.2) is 17.5 Å². The molecule has 0 aliphatic rings. The Morgan fingerprint density at radius 1 is 0.404 bits per heavy atom. The molecule has 9 rings (SSSR count). The molecule has 2 heterocycles. The van der Waals surface area contributed by atoms with Gasteiger partial charge in [0.05, 0.1) is 8.22 Å². The second-order valence-corrected chi connectivity index (χ2v) is 11.1. The Kier molecular flexibility index (Phi) is 5.09. The van der Waals surface area contributed by atoms with Gasteiger partial charge in [0.25, 0.3) is 0 Å². The van der Waals surface area contributed by atoms with Crippen molar-refractivity contribution < 1.29 is 12.6 Å². The van der Waals surface area contributed by atoms with E-state index in [4.69, 9.17) is 26.2 Å². The van der Waals surface area contributed by atoms with E-state index in [1.54, 1.807) is 24.3 Å². The fraction of sp³-hybridized carbons (Fsp3) is 0. The van der Waals surface area contributed by atoms with Crippen LogP contribution in [0.4, 0.5) is 0 Å². The van der Waals surface area contributed by atoms with Crippen LogP contribution >= 0.6 is 0 Å². The fourth-order valence-corrected chi connectivity index (χ4v) is 5.88. The molecule has 0 fully saturated rings. The summed E-state index contributed by atoms with van der Waals surface area (Å²) in [4.78, 5) is 14.3. The van der Waals surface area contributed by atoms with Gasteiger partial charge in [0.2, 0.25) is 0 Å². The Morgan fingerprint density at radius 3 is 1.66 bits per heavy atom. The van der Waals surface area contributed by atoms with Crippen molar-refractivity contribution in [3.63, 3.8) is 0 Å². The molecule has 0 atom stereocenters. The van der Waals surface area contributed by atoms with E-state index in [0.29, 0.717) is 28.3 Å². The smallest absolute Gasteiger partial charge is 0.164 e. The molecule has 0 amide bonds. The Balaban J connectivity index is 1.23. The van der Waals surface area contributed by atoms with E-state index in [1.165, 1.54) is 0 Å². The topological polar surface area (TPSA) is 51.8 Å². The second-order valence-electron chi connectivity index (χ2n) is 11.1. The molecule has 9 aromatic rings. The van der Waals surface area contributed by atoms with Crippen molar-refractivity contribution in [2.45, 2.75) is 0 Å². The van der Waals surface area contributed by atoms with E-state index < -0.39 is 0 Å². The lowest BCUT2D eigenvalue weighted by atomic mass is 9.98. The van der Waals surface area contributed by atoms with Crippen molar-refractivity contribution >= 4 is 32.7 Å². The highest BCUT2D eigenvalue weighted by Crippen LogP contribution is 2.37. The highest BCUT2D eigenvalue weighted by Gasteiger charge is 2.15. The first-order valence-corrected chi connectivity index (χ1v) is 15.2. The third-order valence-corrected chi connectivity index (χ3v) is 8.19. The van der Waals surface area contributed by atoms with E-state index in [2.05, 4.69) is 6.07 Å². The average molecular weight is 608 g/mol. The third-order valence-electron chi connectivity index (χ3n) is 8.19. The molecule has 4 heteroatoms. The van der Waals surface area contributed by atoms with Crippen molar-refractivity contribution in [2.75, 3.05) is 0 Å². The highest BCUT2D eigenvalue weighted by molar-refractivity contribution is 6.12. The Bertz CT molecular complexity index is 2900. The molecule has 0 bridgehead atoms. The molecule has 0 saturated heterocycles. The molecule has 0 saturated carbocycles. The number of benzene rings is 7. The summed E-state index contributed by atoms with van der Waals surface area (Å²) in [5, 5.41) is 1.95. The SMILES string of the molecule is [2H]c1c(-c2nc(-c3ccccc3)nc(-c3ccc(-c4cccc5oc6ccccc6c45)cc3)n2)c([2H])c2c([2H])c([2H])c(-c3ccccc3)c([2H])c2c1[2H]. The van der Waals surface area contributed by atoms with Crippen molar-refractivity contribution in [1.29, 1.82) is 0 Å². The minimum absolute atomic E-state index is 0.0115. The number of nitrogens with zero attached hydrogens (tertiary/aromatic N) is 3. The zero-order valence-electron chi connectivity index (χ0n) is 30.9. The van der Waals surface area contributed by atoms with Gasteiger partial charge in [-0.15, -0.1) is 0 Å². The van der Waals surface area contributed by atoms with Crippen LogP contribution in [-0.4, -0.2) is 15.0 Å². The number of para-hydroxylation sites is 1. The summed E-state index contributed by atoms with van der Waals surface area (Å²) in [5.41, 5.74) is 5.61. The standard InChI is InChI=1S/C43H27N3O/c1-3-10-28(11-4-1)32-22-23-34-27-35(25-24-33(34)26-32)43-45-41(30-12-5-2-6-13-30)44-42(46-43)31-20-18-29(19-21-31)36-15-9-17-39-40(36)37-14-7-8-16-38(37)47-39/h1-27H/i22D,23D,24D,25D,26D,27D. The van der Waals surface area contributed by atoms with E-state index in [-0.39, 0.29) is 64.0 Å². The van der Waals surface area contributed by atoms with Gasteiger partial charge in [-0.3, -0.25) is 0 Å². The van der Waals surface area contributed by atoms with Crippen LogP contribution in [-0.2, 0) is 0 Å². The van der Waals surface area contributed by atoms with Gasteiger partial charge in [-0.25, -0.2) is 15.0 Å². The lowest BCUT2D eigenvalue weighted by Crippen LogP contribution is -2.00. The monoisotopic (exact) mass is 607 g/mol. The van der Waals surface area contributed by atoms with Gasteiger partial charge in [-0.05, 0) is 57.2 Å². The molecule has 4 nitrogen and oxygen atoms in total. The molecular formula is C43H27N3O. The lowest BCUT2D eigenvalue weighted by Gasteiger charge is -2.10. The number of rotatable bonds is 5. The number of aromatic nitrogens is 3. The van der Waals surface area contributed by atoms with Crippen molar-refractivity contribution in [3.05, 3.63) is 164 Å². The van der Waals surface area contributed by atoms with E-state index in [9.17, 15) is 1.37 Å². The summed E-state index contributed by atoms with van der Waals surface area (Å²) < 4.78 is 60.5. The fourth-order valence-electron chi connectivity index (χ4n) is 5.88. The van der Waals surface area contributed by atoms with Crippen LogP contribution in [0.3, 0.4) is 0 Å². The summed E-state index contributed by atoms with van der Waals surface area (Å²) in [7, 11) is 0. The zero-order chi connectivity index (χ0) is 36.4. The van der Waals surface area contributed by atoms with Gasteiger partial charge >= 0.3 is 0 Å². The predicted octanol–water partition coefficient (Wildman–Crippen LogP) is 11.3. The van der Waals surface area contributed by atoms with E-state index in [1.807, 2.05) is 97.1 Å². The van der Waals surface area contributed by atoms with Crippen LogP contribution < -0.4 is 0 Å². The van der Waals surface area contributed by atoms with Gasteiger partial charge < -0.3 is 4.42 Å². The molecule has 7 aromatic carbocycles. The zero-order valence-corrected chi connectivity index (χ0v) is 24.9. The number of fused-ring (bicyclic) bond motifs is 4. The summed E-state index contributed by atoms with van der Waals surface area (Å²) in [6.07, 6.45) is 0. The summed E-state index contributed by atoms with van der Waals surface area (Å²) in [6, 6.07) is 38.2. The number of furan rings is 1. The molecule has 47 heavy (non-hydrogen) atoms. The normalized spacial score (nSPS) is 13.2. The quantitative estimate of drug-likeness (QED) is 0.195. The largest absolute Gasteiger partial charge is 0.456 e. The summed E-state index contributed by atoms with van der Waals surface area (Å²) >= 11 is 0. The number of hydrogen-bond donors (Lipinski definition) is 0. The molecular weight excluding hydrogens is 574 g/mol. The summed E-state index contributed by atoms with van der Waals surface area (Å²) in [6.45, 7) is 0. The predicted molar refractivity (Wildman–Crippen MR) is 192 cm³/mol. The van der Waals surface area contributed by atoms with E-state index >= 15 is 0 Å². The van der Waals surface area contributed by atoms with Crippen molar-refractivity contribution in [1.82, 2.24) is 15.0 Å². The van der Waals surface area contributed by atoms with E-state index in [0.717, 1.165) is 33.1 Å². The van der Waals surface area contributed by atoms with Crippen LogP contribution in [0.15, 0.2) is 168 Å². The molecule has 220 valence electrons. The van der Waals surface area contributed by atoms with Gasteiger partial charge in [-0.1, -0.05) is 139 Å². The lowest BCUT2D eigenvalue weighted by molar-refractivity contribution is 0.669. The van der Waals surface area contributed by atoms with Crippen molar-refractivity contribution in [2.24, 2.45) is 0 Å². The van der Waals surface area contributed by atoms with Crippen LogP contribution in [0.2, 0.25) is 0 Å². The molecule has 0 radical (unpaired) electrons.